The summed E-state index contributed by atoms with van der Waals surface area (Å²) in [6.07, 6.45) is 0.711. The molecule has 0 aromatic heterocycles. The molecule has 0 saturated carbocycles. The topological polar surface area (TPSA) is 69.2 Å². The van der Waals surface area contributed by atoms with E-state index in [4.69, 9.17) is 22.1 Å². The summed E-state index contributed by atoms with van der Waals surface area (Å²) >= 11 is 0. The first-order valence-corrected chi connectivity index (χ1v) is 8.30. The van der Waals surface area contributed by atoms with E-state index in [1.54, 1.807) is 12.1 Å². The first-order valence-electron chi connectivity index (χ1n) is 7.72. The highest BCUT2D eigenvalue weighted by molar-refractivity contribution is 7.27. The number of carbonyl (C=O) groups excluding carboxylic acids is 1. The Hall–Kier alpha value is -2.37. The number of benzene rings is 2. The van der Waals surface area contributed by atoms with Crippen LogP contribution in [0.4, 0.5) is 0 Å². The molecule has 1 amide bonds. The van der Waals surface area contributed by atoms with Crippen LogP contribution in [0.3, 0.4) is 0 Å². The summed E-state index contributed by atoms with van der Waals surface area (Å²) in [5.41, 5.74) is 4.27. The Kier molecular flexibility index (Phi) is 7.19. The van der Waals surface area contributed by atoms with Gasteiger partial charge in [-0.2, -0.15) is 5.10 Å². The van der Waals surface area contributed by atoms with Gasteiger partial charge in [0.1, 0.15) is 7.85 Å². The minimum Gasteiger partial charge on any atom is -0.493 e. The molecule has 2 unspecified atom stereocenters. The van der Waals surface area contributed by atoms with E-state index in [0.717, 1.165) is 10.9 Å². The van der Waals surface area contributed by atoms with Gasteiger partial charge in [0.05, 0.1) is 20.4 Å². The first-order chi connectivity index (χ1) is 12.5. The largest absolute Gasteiger partial charge is 0.493 e. The molecule has 2 rings (SSSR count). The van der Waals surface area contributed by atoms with E-state index in [9.17, 15) is 4.79 Å². The van der Waals surface area contributed by atoms with Crippen molar-refractivity contribution in [1.82, 2.24) is 5.43 Å². The van der Waals surface area contributed by atoms with E-state index in [1.165, 1.54) is 27.5 Å². The number of hydrazone groups is 1. The summed E-state index contributed by atoms with van der Waals surface area (Å²) in [5.74, 6) is 0.548. The molecule has 0 spiro atoms. The summed E-state index contributed by atoms with van der Waals surface area (Å²) in [5, 5.41) is 4.99. The molecule has 26 heavy (non-hydrogen) atoms. The van der Waals surface area contributed by atoms with Crippen LogP contribution in [-0.4, -0.2) is 41.3 Å². The summed E-state index contributed by atoms with van der Waals surface area (Å²) in [7, 11) is 13.0. The van der Waals surface area contributed by atoms with Gasteiger partial charge in [-0.15, -0.1) is 9.24 Å². The molecular weight excluding hydrogens is 350 g/mol. The monoisotopic (exact) mass is 370 g/mol. The number of carbonyl (C=O) groups is 1. The Bertz CT molecular complexity index is 797. The van der Waals surface area contributed by atoms with Gasteiger partial charge in [0, 0.05) is 7.11 Å². The second-order valence-electron chi connectivity index (χ2n) is 5.36. The molecule has 0 bridgehead atoms. The molecule has 2 aromatic carbocycles. The van der Waals surface area contributed by atoms with Crippen LogP contribution in [0, 0.1) is 0 Å². The maximum Gasteiger partial charge on any atom is 0.273 e. The number of ether oxygens (including phenoxy) is 3. The number of hydrogen-bond donors (Lipinski definition) is 1. The van der Waals surface area contributed by atoms with Crippen molar-refractivity contribution in [3.05, 3.63) is 47.5 Å². The van der Waals surface area contributed by atoms with Crippen molar-refractivity contribution in [3.63, 3.8) is 0 Å². The van der Waals surface area contributed by atoms with Crippen molar-refractivity contribution in [1.29, 1.82) is 0 Å². The highest BCUT2D eigenvalue weighted by atomic mass is 31.0. The molecule has 0 aliphatic carbocycles. The highest BCUT2D eigenvalue weighted by Gasteiger charge is 2.19. The van der Waals surface area contributed by atoms with Gasteiger partial charge >= 0.3 is 0 Å². The van der Waals surface area contributed by atoms with Gasteiger partial charge in [0.15, 0.2) is 17.6 Å². The Morgan fingerprint density at radius 2 is 1.88 bits per heavy atom. The van der Waals surface area contributed by atoms with Gasteiger partial charge < -0.3 is 14.2 Å². The lowest BCUT2D eigenvalue weighted by atomic mass is 9.92. The van der Waals surface area contributed by atoms with Crippen molar-refractivity contribution >= 4 is 40.0 Å². The Morgan fingerprint density at radius 3 is 2.46 bits per heavy atom. The molecule has 6 nitrogen and oxygen atoms in total. The molecule has 0 aliphatic heterocycles. The fourth-order valence-corrected chi connectivity index (χ4v) is 2.58. The molecule has 2 radical (unpaired) electrons. The minimum absolute atomic E-state index is 0.381. The summed E-state index contributed by atoms with van der Waals surface area (Å²) < 4.78 is 15.7. The third-order valence-corrected chi connectivity index (χ3v) is 4.02. The second kappa shape index (κ2) is 9.37. The lowest BCUT2D eigenvalue weighted by Gasteiger charge is -2.14. The molecule has 2 aromatic rings. The van der Waals surface area contributed by atoms with Crippen molar-refractivity contribution in [2.75, 3.05) is 21.3 Å². The molecule has 0 heterocycles. The predicted molar refractivity (Wildman–Crippen MR) is 106 cm³/mol. The highest BCUT2D eigenvalue weighted by Crippen LogP contribution is 2.24. The van der Waals surface area contributed by atoms with Gasteiger partial charge in [0.2, 0.25) is 0 Å². The van der Waals surface area contributed by atoms with Gasteiger partial charge in [0.25, 0.3) is 5.91 Å². The van der Waals surface area contributed by atoms with Crippen LogP contribution in [0.1, 0.15) is 17.2 Å². The van der Waals surface area contributed by atoms with E-state index < -0.39 is 6.10 Å². The number of nitrogens with one attached hydrogen (secondary N) is 1. The fourth-order valence-electron chi connectivity index (χ4n) is 2.38. The molecule has 0 saturated heterocycles. The molecule has 134 valence electrons. The molecule has 1 N–H and O–H groups in total. The zero-order chi connectivity index (χ0) is 19.1. The fraction of sp³-hybridized carbons (Fsp3) is 0.222. The van der Waals surface area contributed by atoms with Crippen LogP contribution in [0.15, 0.2) is 41.5 Å². The van der Waals surface area contributed by atoms with E-state index in [1.807, 2.05) is 24.3 Å². The smallest absolute Gasteiger partial charge is 0.273 e. The van der Waals surface area contributed by atoms with E-state index in [-0.39, 0.29) is 5.91 Å². The SMILES string of the molecule is [B]c1cc(/C=N/NC(=O)C(OC)c2ccc(P)cc2)cc(OC)c1OC. The third-order valence-electron chi connectivity index (χ3n) is 3.63. The van der Waals surface area contributed by atoms with Crippen LogP contribution >= 0.6 is 9.24 Å². The predicted octanol–water partition coefficient (Wildman–Crippen LogP) is 0.836. The van der Waals surface area contributed by atoms with E-state index >= 15 is 0 Å². The lowest BCUT2D eigenvalue weighted by Crippen LogP contribution is -2.26. The summed E-state index contributed by atoms with van der Waals surface area (Å²) in [6, 6.07) is 10.8. The van der Waals surface area contributed by atoms with Crippen LogP contribution < -0.4 is 25.7 Å². The van der Waals surface area contributed by atoms with E-state index in [2.05, 4.69) is 19.8 Å². The van der Waals surface area contributed by atoms with Crippen LogP contribution in [0.2, 0.25) is 0 Å². The lowest BCUT2D eigenvalue weighted by molar-refractivity contribution is -0.131. The van der Waals surface area contributed by atoms with Crippen molar-refractivity contribution in [2.45, 2.75) is 6.10 Å². The second-order valence-corrected chi connectivity index (χ2v) is 6.03. The number of rotatable bonds is 7. The molecular formula is C18H20BN2O4P. The van der Waals surface area contributed by atoms with Crippen molar-refractivity contribution in [2.24, 2.45) is 5.10 Å². The average Bonchev–Trinajstić information content (AvgIpc) is 2.63. The standard InChI is InChI=1S/C18H20BN2O4P/c1-23-15-9-11(8-14(19)17(15)25-3)10-20-21-18(22)16(24-2)12-4-6-13(26)7-5-12/h4-10,16H,26H2,1-3H3,(H,21,22)/b20-10+. The maximum absolute atomic E-state index is 12.3. The number of hydrogen-bond acceptors (Lipinski definition) is 5. The molecule has 0 fully saturated rings. The maximum atomic E-state index is 12.3. The van der Waals surface area contributed by atoms with Crippen LogP contribution in [0.5, 0.6) is 11.5 Å². The van der Waals surface area contributed by atoms with Gasteiger partial charge in [-0.1, -0.05) is 35.8 Å². The summed E-state index contributed by atoms with van der Waals surface area (Å²) in [6.45, 7) is 0. The van der Waals surface area contributed by atoms with Gasteiger partial charge in [-0.25, -0.2) is 5.43 Å². The Labute approximate surface area is 156 Å². The van der Waals surface area contributed by atoms with Gasteiger partial charge in [-0.3, -0.25) is 4.79 Å². The first kappa shape index (κ1) is 20.0. The number of nitrogens with zero attached hydrogens (tertiary/aromatic N) is 1. The minimum atomic E-state index is -0.756. The third kappa shape index (κ3) is 4.84. The quantitative estimate of drug-likeness (QED) is 0.340. The average molecular weight is 370 g/mol. The number of amides is 1. The zero-order valence-electron chi connectivity index (χ0n) is 14.9. The zero-order valence-corrected chi connectivity index (χ0v) is 16.0. The molecule has 0 aliphatic rings. The van der Waals surface area contributed by atoms with Crippen LogP contribution in [0.25, 0.3) is 0 Å². The molecule has 8 heteroatoms. The Balaban J connectivity index is 2.10. The van der Waals surface area contributed by atoms with Gasteiger partial charge in [-0.05, 0) is 22.5 Å². The van der Waals surface area contributed by atoms with Crippen molar-refractivity contribution in [3.8, 4) is 11.5 Å². The Morgan fingerprint density at radius 1 is 1.19 bits per heavy atom. The van der Waals surface area contributed by atoms with Crippen molar-refractivity contribution < 1.29 is 19.0 Å². The van der Waals surface area contributed by atoms with E-state index in [0.29, 0.717) is 22.5 Å². The van der Waals surface area contributed by atoms with Crippen LogP contribution in [-0.2, 0) is 9.53 Å². The number of methoxy groups -OCH3 is 3. The summed E-state index contributed by atoms with van der Waals surface area (Å²) in [4.78, 5) is 12.3. The molecule has 2 atom stereocenters. The normalized spacial score (nSPS) is 12.0.